The molecule has 0 aliphatic carbocycles. The third-order valence-electron chi connectivity index (χ3n) is 4.28. The molecule has 2 aromatic rings. The van der Waals surface area contributed by atoms with Gasteiger partial charge in [-0.1, -0.05) is 32.9 Å². The Morgan fingerprint density at radius 2 is 1.89 bits per heavy atom. The number of nitrogens with one attached hydrogen (secondary N) is 1. The summed E-state index contributed by atoms with van der Waals surface area (Å²) in [4.78, 5) is 22.4. The Bertz CT molecular complexity index is 831. The lowest BCUT2D eigenvalue weighted by Crippen LogP contribution is -2.31. The van der Waals surface area contributed by atoms with Gasteiger partial charge in [0.1, 0.15) is 5.82 Å². The van der Waals surface area contributed by atoms with Crippen molar-refractivity contribution in [2.75, 3.05) is 16.8 Å². The van der Waals surface area contributed by atoms with Gasteiger partial charge in [0.25, 0.3) is 5.95 Å². The second-order valence-corrected chi connectivity index (χ2v) is 8.07. The number of nitrogens with zero attached hydrogens (tertiary/aromatic N) is 3. The molecule has 2 heterocycles. The number of fused-ring (bicyclic) bond motifs is 1. The first-order valence-electron chi connectivity index (χ1n) is 9.07. The van der Waals surface area contributed by atoms with E-state index >= 15 is 0 Å². The highest BCUT2D eigenvalue weighted by atomic mass is 19.1. The number of amides is 1. The first-order valence-corrected chi connectivity index (χ1v) is 9.07. The maximum Gasteiger partial charge on any atom is 0.258 e. The standard InChI is InChI=1S/C20H24F2N4O/c1-20(2,3)11-16(27)24-18-17(22)25-19-15(23-18)5-4-10-26(19)12-13-6-8-14(21)9-7-13/h6-9H,4-5,10-12H2,1-3H3,(H,23,24,27). The Labute approximate surface area is 157 Å². The van der Waals surface area contributed by atoms with E-state index in [0.29, 0.717) is 31.0 Å². The molecule has 1 aromatic carbocycles. The zero-order valence-corrected chi connectivity index (χ0v) is 15.9. The molecular formula is C20H24F2N4O. The molecule has 0 unspecified atom stereocenters. The molecule has 0 spiro atoms. The predicted molar refractivity (Wildman–Crippen MR) is 100 cm³/mol. The van der Waals surface area contributed by atoms with Crippen molar-refractivity contribution in [2.24, 2.45) is 5.41 Å². The number of halogens is 2. The fraction of sp³-hybridized carbons (Fsp3) is 0.450. The van der Waals surface area contributed by atoms with E-state index in [1.54, 1.807) is 12.1 Å². The first-order chi connectivity index (χ1) is 12.7. The zero-order valence-electron chi connectivity index (χ0n) is 15.9. The molecule has 7 heteroatoms. The molecular weight excluding hydrogens is 350 g/mol. The summed E-state index contributed by atoms with van der Waals surface area (Å²) in [5, 5.41) is 2.54. The lowest BCUT2D eigenvalue weighted by atomic mass is 9.92. The van der Waals surface area contributed by atoms with Gasteiger partial charge in [0.2, 0.25) is 5.91 Å². The fourth-order valence-corrected chi connectivity index (χ4v) is 3.11. The average Bonchev–Trinajstić information content (AvgIpc) is 2.56. The van der Waals surface area contributed by atoms with Gasteiger partial charge in [0.05, 0.1) is 5.69 Å². The topological polar surface area (TPSA) is 58.1 Å². The van der Waals surface area contributed by atoms with Crippen LogP contribution in [0.25, 0.3) is 0 Å². The molecule has 0 fully saturated rings. The summed E-state index contributed by atoms with van der Waals surface area (Å²) in [7, 11) is 0. The maximum atomic E-state index is 14.5. The van der Waals surface area contributed by atoms with Crippen LogP contribution in [0.2, 0.25) is 0 Å². The zero-order chi connectivity index (χ0) is 19.6. The molecule has 1 N–H and O–H groups in total. The number of hydrogen-bond donors (Lipinski definition) is 1. The monoisotopic (exact) mass is 374 g/mol. The molecule has 5 nitrogen and oxygen atoms in total. The molecule has 1 aliphatic rings. The summed E-state index contributed by atoms with van der Waals surface area (Å²) >= 11 is 0. The van der Waals surface area contributed by atoms with Gasteiger partial charge in [0.15, 0.2) is 11.6 Å². The van der Waals surface area contributed by atoms with Crippen molar-refractivity contribution in [1.29, 1.82) is 0 Å². The molecule has 0 saturated carbocycles. The quantitative estimate of drug-likeness (QED) is 0.876. The molecule has 1 aromatic heterocycles. The Morgan fingerprint density at radius 1 is 1.19 bits per heavy atom. The van der Waals surface area contributed by atoms with Crippen LogP contribution < -0.4 is 10.2 Å². The van der Waals surface area contributed by atoms with E-state index in [1.165, 1.54) is 12.1 Å². The van der Waals surface area contributed by atoms with Gasteiger partial charge in [0, 0.05) is 19.5 Å². The third-order valence-corrected chi connectivity index (χ3v) is 4.28. The van der Waals surface area contributed by atoms with Crippen LogP contribution in [-0.2, 0) is 17.8 Å². The normalized spacial score (nSPS) is 14.0. The van der Waals surface area contributed by atoms with Crippen LogP contribution in [0.4, 0.5) is 20.4 Å². The number of benzene rings is 1. The van der Waals surface area contributed by atoms with Crippen LogP contribution in [0.1, 0.15) is 44.9 Å². The number of aromatic nitrogens is 2. The number of anilines is 2. The van der Waals surface area contributed by atoms with Gasteiger partial charge in [-0.3, -0.25) is 4.79 Å². The van der Waals surface area contributed by atoms with Crippen LogP contribution in [0.5, 0.6) is 0 Å². The van der Waals surface area contributed by atoms with E-state index in [4.69, 9.17) is 0 Å². The molecule has 1 aliphatic heterocycles. The molecule has 0 bridgehead atoms. The number of carbonyl (C=O) groups excluding carboxylic acids is 1. The third kappa shape index (κ3) is 4.99. The van der Waals surface area contributed by atoms with Crippen molar-refractivity contribution in [2.45, 2.75) is 46.6 Å². The number of carbonyl (C=O) groups is 1. The molecule has 0 saturated heterocycles. The van der Waals surface area contributed by atoms with Crippen LogP contribution in [-0.4, -0.2) is 22.4 Å². The molecule has 3 rings (SSSR count). The van der Waals surface area contributed by atoms with Crippen LogP contribution in [0, 0.1) is 17.2 Å². The Kier molecular flexibility index (Phi) is 5.39. The second-order valence-electron chi connectivity index (χ2n) is 8.07. The molecule has 0 atom stereocenters. The highest BCUT2D eigenvalue weighted by Crippen LogP contribution is 2.28. The maximum absolute atomic E-state index is 14.5. The van der Waals surface area contributed by atoms with Crippen LogP contribution in [0.3, 0.4) is 0 Å². The lowest BCUT2D eigenvalue weighted by molar-refractivity contribution is -0.117. The highest BCUT2D eigenvalue weighted by molar-refractivity contribution is 5.90. The van der Waals surface area contributed by atoms with E-state index in [1.807, 2.05) is 25.7 Å². The van der Waals surface area contributed by atoms with Gasteiger partial charge in [-0.2, -0.15) is 9.37 Å². The first kappa shape index (κ1) is 19.2. The summed E-state index contributed by atoms with van der Waals surface area (Å²) in [6.45, 7) is 7.03. The predicted octanol–water partition coefficient (Wildman–Crippen LogP) is 4.08. The summed E-state index contributed by atoms with van der Waals surface area (Å²) in [5.74, 6) is -1.00. The minimum Gasteiger partial charge on any atom is -0.351 e. The summed E-state index contributed by atoms with van der Waals surface area (Å²) < 4.78 is 27.6. The van der Waals surface area contributed by atoms with E-state index in [9.17, 15) is 13.6 Å². The molecule has 27 heavy (non-hydrogen) atoms. The van der Waals surface area contributed by atoms with E-state index in [2.05, 4.69) is 15.3 Å². The van der Waals surface area contributed by atoms with Gasteiger partial charge < -0.3 is 10.2 Å². The Hall–Kier alpha value is -2.57. The fourth-order valence-electron chi connectivity index (χ4n) is 3.11. The minimum atomic E-state index is -0.790. The van der Waals surface area contributed by atoms with Crippen molar-refractivity contribution in [1.82, 2.24) is 9.97 Å². The summed E-state index contributed by atoms with van der Waals surface area (Å²) in [6, 6.07) is 6.21. The smallest absolute Gasteiger partial charge is 0.258 e. The van der Waals surface area contributed by atoms with E-state index in [-0.39, 0.29) is 29.4 Å². The van der Waals surface area contributed by atoms with Crippen molar-refractivity contribution >= 4 is 17.5 Å². The number of aryl methyl sites for hydroxylation is 1. The van der Waals surface area contributed by atoms with E-state index in [0.717, 1.165) is 12.0 Å². The SMILES string of the molecule is CC(C)(C)CC(=O)Nc1nc2c(nc1F)N(Cc1ccc(F)cc1)CCC2. The number of hydrogen-bond acceptors (Lipinski definition) is 4. The number of rotatable bonds is 4. The van der Waals surface area contributed by atoms with E-state index < -0.39 is 5.95 Å². The Balaban J connectivity index is 1.79. The highest BCUT2D eigenvalue weighted by Gasteiger charge is 2.24. The Morgan fingerprint density at radius 3 is 2.56 bits per heavy atom. The molecule has 144 valence electrons. The largest absolute Gasteiger partial charge is 0.351 e. The minimum absolute atomic E-state index is 0.119. The second kappa shape index (κ2) is 7.58. The van der Waals surface area contributed by atoms with Crippen molar-refractivity contribution in [3.63, 3.8) is 0 Å². The molecule has 1 amide bonds. The van der Waals surface area contributed by atoms with Gasteiger partial charge in [-0.25, -0.2) is 9.37 Å². The van der Waals surface area contributed by atoms with Crippen molar-refractivity contribution < 1.29 is 13.6 Å². The van der Waals surface area contributed by atoms with Crippen LogP contribution in [0.15, 0.2) is 24.3 Å². The van der Waals surface area contributed by atoms with Crippen LogP contribution >= 0.6 is 0 Å². The van der Waals surface area contributed by atoms with Gasteiger partial charge in [-0.15, -0.1) is 0 Å². The lowest BCUT2D eigenvalue weighted by Gasteiger charge is -2.29. The average molecular weight is 374 g/mol. The van der Waals surface area contributed by atoms with Gasteiger partial charge >= 0.3 is 0 Å². The summed E-state index contributed by atoms with van der Waals surface area (Å²) in [6.07, 6.45) is 1.79. The van der Waals surface area contributed by atoms with Gasteiger partial charge in [-0.05, 0) is 36.0 Å². The van der Waals surface area contributed by atoms with Crippen molar-refractivity contribution in [3.05, 3.63) is 47.3 Å². The summed E-state index contributed by atoms with van der Waals surface area (Å²) in [5.41, 5.74) is 1.37. The molecule has 0 radical (unpaired) electrons. The van der Waals surface area contributed by atoms with Crippen molar-refractivity contribution in [3.8, 4) is 0 Å².